The predicted molar refractivity (Wildman–Crippen MR) is 293 cm³/mol. The molecule has 0 N–H and O–H groups in total. The lowest BCUT2D eigenvalue weighted by Gasteiger charge is -2.18. The summed E-state index contributed by atoms with van der Waals surface area (Å²) in [5, 5.41) is 0. The molecule has 0 aromatic carbocycles. The molecule has 0 rings (SSSR count). The van der Waals surface area contributed by atoms with Gasteiger partial charge in [-0.05, 0) is 83.5 Å². The van der Waals surface area contributed by atoms with E-state index in [2.05, 4.69) is 99.8 Å². The van der Waals surface area contributed by atoms with Crippen LogP contribution in [0.25, 0.3) is 0 Å². The van der Waals surface area contributed by atoms with Gasteiger partial charge < -0.3 is 14.2 Å². The van der Waals surface area contributed by atoms with Gasteiger partial charge in [-0.2, -0.15) is 0 Å². The molecule has 0 aliphatic carbocycles. The van der Waals surface area contributed by atoms with E-state index < -0.39 is 6.10 Å². The lowest BCUT2D eigenvalue weighted by atomic mass is 10.0. The van der Waals surface area contributed by atoms with Crippen LogP contribution in [-0.2, 0) is 28.6 Å². The minimum Gasteiger partial charge on any atom is -0.462 e. The highest BCUT2D eigenvalue weighted by molar-refractivity contribution is 5.71. The van der Waals surface area contributed by atoms with Gasteiger partial charge in [-0.1, -0.05) is 254 Å². The van der Waals surface area contributed by atoms with Gasteiger partial charge in [0.25, 0.3) is 0 Å². The highest BCUT2D eigenvalue weighted by Crippen LogP contribution is 2.16. The number of hydrogen-bond donors (Lipinski definition) is 0. The number of allylic oxidation sites excluding steroid dienone is 14. The van der Waals surface area contributed by atoms with E-state index in [9.17, 15) is 14.4 Å². The van der Waals surface area contributed by atoms with Crippen LogP contribution in [0, 0.1) is 0 Å². The summed E-state index contributed by atoms with van der Waals surface area (Å²) in [6.45, 7) is 6.47. The van der Waals surface area contributed by atoms with Crippen molar-refractivity contribution >= 4 is 17.9 Å². The first kappa shape index (κ1) is 64.6. The van der Waals surface area contributed by atoms with Crippen molar-refractivity contribution in [3.63, 3.8) is 0 Å². The third-order valence-electron chi connectivity index (χ3n) is 12.1. The zero-order valence-corrected chi connectivity index (χ0v) is 44.6. The number of carbonyl (C=O) groups excluding carboxylic acids is 3. The molecular formula is C62H106O6. The van der Waals surface area contributed by atoms with E-state index in [-0.39, 0.29) is 37.5 Å². The van der Waals surface area contributed by atoms with Crippen LogP contribution in [0.15, 0.2) is 85.1 Å². The number of unbranched alkanes of at least 4 members (excludes halogenated alkanes) is 26. The molecule has 0 aliphatic rings. The first-order chi connectivity index (χ1) is 33.5. The van der Waals surface area contributed by atoms with Crippen molar-refractivity contribution in [2.24, 2.45) is 0 Å². The van der Waals surface area contributed by atoms with Crippen molar-refractivity contribution < 1.29 is 28.6 Å². The van der Waals surface area contributed by atoms with E-state index in [4.69, 9.17) is 14.2 Å². The maximum absolute atomic E-state index is 12.8. The van der Waals surface area contributed by atoms with E-state index >= 15 is 0 Å². The van der Waals surface area contributed by atoms with Gasteiger partial charge in [0.2, 0.25) is 0 Å². The van der Waals surface area contributed by atoms with Crippen molar-refractivity contribution in [2.45, 2.75) is 277 Å². The lowest BCUT2D eigenvalue weighted by molar-refractivity contribution is -0.166. The molecule has 0 fully saturated rings. The van der Waals surface area contributed by atoms with Crippen LogP contribution in [0.3, 0.4) is 0 Å². The summed E-state index contributed by atoms with van der Waals surface area (Å²) in [7, 11) is 0. The highest BCUT2D eigenvalue weighted by Gasteiger charge is 2.19. The Morgan fingerprint density at radius 1 is 0.309 bits per heavy atom. The van der Waals surface area contributed by atoms with Crippen molar-refractivity contribution in [2.75, 3.05) is 13.2 Å². The smallest absolute Gasteiger partial charge is 0.306 e. The molecule has 1 unspecified atom stereocenters. The second-order valence-electron chi connectivity index (χ2n) is 18.8. The number of hydrogen-bond acceptors (Lipinski definition) is 6. The van der Waals surface area contributed by atoms with Gasteiger partial charge in [-0.3, -0.25) is 14.4 Å². The van der Waals surface area contributed by atoms with Gasteiger partial charge in [-0.25, -0.2) is 0 Å². The van der Waals surface area contributed by atoms with E-state index in [0.29, 0.717) is 19.3 Å². The molecule has 6 nitrogen and oxygen atoms in total. The van der Waals surface area contributed by atoms with Crippen molar-refractivity contribution in [3.8, 4) is 0 Å². The largest absolute Gasteiger partial charge is 0.462 e. The molecule has 0 saturated heterocycles. The van der Waals surface area contributed by atoms with Crippen molar-refractivity contribution in [3.05, 3.63) is 85.1 Å². The van der Waals surface area contributed by atoms with Gasteiger partial charge in [0, 0.05) is 19.3 Å². The highest BCUT2D eigenvalue weighted by atomic mass is 16.6. The average Bonchev–Trinajstić information content (AvgIpc) is 3.34. The summed E-state index contributed by atoms with van der Waals surface area (Å²) in [4.78, 5) is 38.1. The molecule has 0 aromatic rings. The fourth-order valence-corrected chi connectivity index (χ4v) is 7.88. The van der Waals surface area contributed by atoms with Crippen LogP contribution in [0.2, 0.25) is 0 Å². The van der Waals surface area contributed by atoms with Gasteiger partial charge in [0.05, 0.1) is 0 Å². The molecule has 0 spiro atoms. The first-order valence-corrected chi connectivity index (χ1v) is 28.6. The Labute approximate surface area is 420 Å². The standard InChI is InChI=1S/C62H106O6/c1-4-7-10-13-16-19-22-25-28-30-31-32-35-37-40-43-46-49-52-55-61(64)67-58-59(57-66-60(63)54-51-48-45-42-39-36-33-27-24-21-18-15-12-9-6-3)68-62(65)56-53-50-47-44-41-38-34-29-26-23-20-17-14-11-8-5-2/h7,10,16,19,25,27-28,31-33,37,40,46,49,59H,4-6,8-9,11-15,17-18,20-24,26,29-30,34-36,38-39,41-45,47-48,50-58H2,1-3H3/b10-7-,19-16-,28-25-,32-31-,33-27-,40-37-,49-46-. The Hall–Kier alpha value is -3.41. The van der Waals surface area contributed by atoms with Gasteiger partial charge in [0.15, 0.2) is 6.10 Å². The number of rotatable bonds is 51. The van der Waals surface area contributed by atoms with Crippen molar-refractivity contribution in [1.29, 1.82) is 0 Å². The van der Waals surface area contributed by atoms with Crippen molar-refractivity contribution in [1.82, 2.24) is 0 Å². The van der Waals surface area contributed by atoms with E-state index in [1.54, 1.807) is 0 Å². The molecule has 68 heavy (non-hydrogen) atoms. The third kappa shape index (κ3) is 53.5. The molecule has 390 valence electrons. The monoisotopic (exact) mass is 947 g/mol. The Bertz CT molecular complexity index is 1320. The van der Waals surface area contributed by atoms with Gasteiger partial charge >= 0.3 is 17.9 Å². The normalized spacial score (nSPS) is 12.7. The molecule has 0 aromatic heterocycles. The Kier molecular flexibility index (Phi) is 53.4. The SMILES string of the molecule is CC/C=C\C/C=C\C/C=C\C/C=C\C/C=C\C/C=C\CCC(=O)OCC(COC(=O)CCCCCCC/C=C\CCCCCCCC)OC(=O)CCCCCCCCCCCCCCCCCC. The second-order valence-corrected chi connectivity index (χ2v) is 18.8. The van der Waals surface area contributed by atoms with Crippen LogP contribution in [0.1, 0.15) is 271 Å². The molecule has 6 heteroatoms. The van der Waals surface area contributed by atoms with Crippen LogP contribution < -0.4 is 0 Å². The molecule has 0 amide bonds. The Morgan fingerprint density at radius 2 is 0.603 bits per heavy atom. The maximum atomic E-state index is 12.8. The van der Waals surface area contributed by atoms with Gasteiger partial charge in [0.1, 0.15) is 13.2 Å². The van der Waals surface area contributed by atoms with E-state index in [0.717, 1.165) is 83.5 Å². The Morgan fingerprint density at radius 3 is 0.985 bits per heavy atom. The average molecular weight is 948 g/mol. The van der Waals surface area contributed by atoms with Crippen LogP contribution in [-0.4, -0.2) is 37.2 Å². The van der Waals surface area contributed by atoms with Crippen LogP contribution in [0.5, 0.6) is 0 Å². The zero-order valence-electron chi connectivity index (χ0n) is 44.6. The summed E-state index contributed by atoms with van der Waals surface area (Å²) < 4.78 is 16.8. The first-order valence-electron chi connectivity index (χ1n) is 28.6. The van der Waals surface area contributed by atoms with Gasteiger partial charge in [-0.15, -0.1) is 0 Å². The summed E-state index contributed by atoms with van der Waals surface area (Å²) >= 11 is 0. The summed E-state index contributed by atoms with van der Waals surface area (Å²) in [5.74, 6) is -0.990. The molecule has 1 atom stereocenters. The summed E-state index contributed by atoms with van der Waals surface area (Å²) in [6, 6.07) is 0. The topological polar surface area (TPSA) is 78.9 Å². The van der Waals surface area contributed by atoms with E-state index in [1.807, 2.05) is 6.08 Å². The van der Waals surface area contributed by atoms with Crippen LogP contribution >= 0.6 is 0 Å². The molecule has 0 heterocycles. The molecule has 0 saturated carbocycles. The second kappa shape index (κ2) is 56.2. The van der Waals surface area contributed by atoms with Crippen LogP contribution in [0.4, 0.5) is 0 Å². The predicted octanol–water partition coefficient (Wildman–Crippen LogP) is 19.2. The molecule has 0 aliphatic heterocycles. The number of carbonyl (C=O) groups is 3. The zero-order chi connectivity index (χ0) is 49.3. The number of esters is 3. The minimum absolute atomic E-state index is 0.102. The Balaban J connectivity index is 4.49. The van der Waals surface area contributed by atoms with E-state index in [1.165, 1.54) is 141 Å². The quantitative estimate of drug-likeness (QED) is 0.0262. The maximum Gasteiger partial charge on any atom is 0.306 e. The molecule has 0 radical (unpaired) electrons. The lowest BCUT2D eigenvalue weighted by Crippen LogP contribution is -2.30. The fraction of sp³-hybridized carbons (Fsp3) is 0.726. The number of ether oxygens (including phenoxy) is 3. The minimum atomic E-state index is -0.809. The third-order valence-corrected chi connectivity index (χ3v) is 12.1. The fourth-order valence-electron chi connectivity index (χ4n) is 7.88. The molecular weight excluding hydrogens is 841 g/mol. The summed E-state index contributed by atoms with van der Waals surface area (Å²) in [6.07, 6.45) is 73.0. The molecule has 0 bridgehead atoms. The summed E-state index contributed by atoms with van der Waals surface area (Å²) in [5.41, 5.74) is 0.